The number of hydrogen-bond donors (Lipinski definition) is 1. The summed E-state index contributed by atoms with van der Waals surface area (Å²) in [6.45, 7) is -0.821. The van der Waals surface area contributed by atoms with E-state index in [9.17, 15) is 31.6 Å². The molecule has 0 aliphatic carbocycles. The van der Waals surface area contributed by atoms with Crippen molar-refractivity contribution in [3.63, 3.8) is 0 Å². The molecule has 3 atom stereocenters. The molecular formula is C24H23Cl3F2N4O5S. The third-order valence-electron chi connectivity index (χ3n) is 6.44. The maximum absolute atomic E-state index is 13.9. The molecule has 2 heterocycles. The Morgan fingerprint density at radius 1 is 1.03 bits per heavy atom. The Morgan fingerprint density at radius 3 is 2.26 bits per heavy atom. The fourth-order valence-corrected chi connectivity index (χ4v) is 7.24. The Bertz CT molecular complexity index is 1400. The molecule has 0 aromatic heterocycles. The minimum absolute atomic E-state index is 0.111. The van der Waals surface area contributed by atoms with Crippen LogP contribution >= 0.6 is 34.8 Å². The van der Waals surface area contributed by atoms with Crippen molar-refractivity contribution in [3.05, 3.63) is 63.1 Å². The number of alkyl halides is 2. The van der Waals surface area contributed by atoms with Gasteiger partial charge in [-0.15, -0.1) is 0 Å². The summed E-state index contributed by atoms with van der Waals surface area (Å²) in [4.78, 5) is 40.6. The fraction of sp³-hybridized carbons (Fsp3) is 0.375. The lowest BCUT2D eigenvalue weighted by molar-refractivity contribution is -0.169. The number of fused-ring (bicyclic) bond motifs is 1. The number of nitrogens with zero attached hydrogens (tertiary/aromatic N) is 3. The molecule has 2 saturated heterocycles. The van der Waals surface area contributed by atoms with E-state index in [1.807, 2.05) is 0 Å². The van der Waals surface area contributed by atoms with Crippen molar-refractivity contribution in [3.8, 4) is 0 Å². The molecule has 210 valence electrons. The smallest absolute Gasteiger partial charge is 0.255 e. The Labute approximate surface area is 238 Å². The van der Waals surface area contributed by atoms with E-state index < -0.39 is 72.1 Å². The molecule has 3 unspecified atom stereocenters. The van der Waals surface area contributed by atoms with Crippen LogP contribution in [0.1, 0.15) is 12.5 Å². The summed E-state index contributed by atoms with van der Waals surface area (Å²) >= 11 is 18.1. The van der Waals surface area contributed by atoms with Gasteiger partial charge in [-0.05, 0) is 35.9 Å². The second-order valence-electron chi connectivity index (χ2n) is 9.11. The summed E-state index contributed by atoms with van der Waals surface area (Å²) in [6, 6.07) is 7.39. The van der Waals surface area contributed by atoms with E-state index in [0.717, 1.165) is 21.0 Å². The first-order valence-corrected chi connectivity index (χ1v) is 14.2. The van der Waals surface area contributed by atoms with Gasteiger partial charge in [0.15, 0.2) is 0 Å². The SMILES string of the molecule is CC(=O)NC1CN(S(=O)(=O)c2ccc(Cl)cc2Cl)C2CN(CC(F)F)C(=O)C(Cc3ccc(Cl)cc3)N2C1=O. The number of carbonyl (C=O) groups excluding carboxylic acids is 3. The van der Waals surface area contributed by atoms with Crippen molar-refractivity contribution in [2.45, 2.75) is 42.9 Å². The number of amides is 3. The average Bonchev–Trinajstić information content (AvgIpc) is 2.83. The zero-order valence-corrected chi connectivity index (χ0v) is 23.4. The minimum atomic E-state index is -4.49. The maximum Gasteiger partial charge on any atom is 0.255 e. The van der Waals surface area contributed by atoms with Gasteiger partial charge >= 0.3 is 0 Å². The van der Waals surface area contributed by atoms with Crippen LogP contribution in [0, 0.1) is 0 Å². The average molecular weight is 624 g/mol. The second-order valence-corrected chi connectivity index (χ2v) is 12.2. The first-order chi connectivity index (χ1) is 18.3. The summed E-state index contributed by atoms with van der Waals surface area (Å²) < 4.78 is 55.7. The monoisotopic (exact) mass is 622 g/mol. The van der Waals surface area contributed by atoms with Gasteiger partial charge in [-0.1, -0.05) is 46.9 Å². The molecule has 2 aromatic rings. The third-order valence-corrected chi connectivity index (χ3v) is 9.28. The van der Waals surface area contributed by atoms with E-state index in [1.165, 1.54) is 18.2 Å². The second kappa shape index (κ2) is 11.5. The number of rotatable bonds is 7. The molecular weight excluding hydrogens is 601 g/mol. The maximum atomic E-state index is 13.9. The van der Waals surface area contributed by atoms with Gasteiger partial charge in [0.05, 0.1) is 18.1 Å². The van der Waals surface area contributed by atoms with E-state index in [-0.39, 0.29) is 21.4 Å². The van der Waals surface area contributed by atoms with Crippen LogP contribution in [0.5, 0.6) is 0 Å². The third kappa shape index (κ3) is 6.14. The highest BCUT2D eigenvalue weighted by Crippen LogP contribution is 2.35. The molecule has 0 spiro atoms. The van der Waals surface area contributed by atoms with E-state index in [0.29, 0.717) is 10.6 Å². The molecule has 1 N–H and O–H groups in total. The highest BCUT2D eigenvalue weighted by molar-refractivity contribution is 7.89. The van der Waals surface area contributed by atoms with Crippen LogP contribution in [-0.2, 0) is 30.8 Å². The van der Waals surface area contributed by atoms with Crippen molar-refractivity contribution in [1.82, 2.24) is 19.4 Å². The summed E-state index contributed by atoms with van der Waals surface area (Å²) in [5, 5.41) is 2.84. The molecule has 2 aromatic carbocycles. The van der Waals surface area contributed by atoms with Crippen molar-refractivity contribution >= 4 is 62.5 Å². The Kier molecular flexibility index (Phi) is 8.72. The van der Waals surface area contributed by atoms with Crippen LogP contribution in [0.4, 0.5) is 8.78 Å². The van der Waals surface area contributed by atoms with Crippen molar-refractivity contribution in [1.29, 1.82) is 0 Å². The highest BCUT2D eigenvalue weighted by Gasteiger charge is 2.54. The Hall–Kier alpha value is -2.51. The van der Waals surface area contributed by atoms with Crippen molar-refractivity contribution in [2.24, 2.45) is 0 Å². The first-order valence-electron chi connectivity index (χ1n) is 11.7. The molecule has 15 heteroatoms. The van der Waals surface area contributed by atoms with Crippen LogP contribution in [0.2, 0.25) is 15.1 Å². The van der Waals surface area contributed by atoms with Crippen LogP contribution in [0.15, 0.2) is 47.4 Å². The van der Waals surface area contributed by atoms with E-state index >= 15 is 0 Å². The zero-order chi connectivity index (χ0) is 28.6. The van der Waals surface area contributed by atoms with Gasteiger partial charge in [-0.25, -0.2) is 17.2 Å². The summed E-state index contributed by atoms with van der Waals surface area (Å²) in [6.07, 6.45) is -4.37. The molecule has 2 aliphatic rings. The lowest BCUT2D eigenvalue weighted by Gasteiger charge is -2.53. The van der Waals surface area contributed by atoms with Crippen LogP contribution in [0.25, 0.3) is 0 Å². The van der Waals surface area contributed by atoms with Crippen molar-refractivity contribution < 1.29 is 31.6 Å². The van der Waals surface area contributed by atoms with Gasteiger partial charge in [-0.2, -0.15) is 4.31 Å². The molecule has 0 radical (unpaired) electrons. The minimum Gasteiger partial charge on any atom is -0.343 e. The molecule has 3 amide bonds. The number of benzene rings is 2. The number of halogens is 5. The van der Waals surface area contributed by atoms with E-state index in [4.69, 9.17) is 34.8 Å². The van der Waals surface area contributed by atoms with Gasteiger partial charge in [0, 0.05) is 29.9 Å². The van der Waals surface area contributed by atoms with Gasteiger partial charge < -0.3 is 15.1 Å². The highest BCUT2D eigenvalue weighted by atomic mass is 35.5. The summed E-state index contributed by atoms with van der Waals surface area (Å²) in [5.41, 5.74) is 0.556. The molecule has 39 heavy (non-hydrogen) atoms. The lowest BCUT2D eigenvalue weighted by atomic mass is 9.97. The van der Waals surface area contributed by atoms with Crippen LogP contribution in [0.3, 0.4) is 0 Å². The predicted octanol–water partition coefficient (Wildman–Crippen LogP) is 3.03. The van der Waals surface area contributed by atoms with E-state index in [1.54, 1.807) is 24.3 Å². The van der Waals surface area contributed by atoms with Crippen LogP contribution in [-0.4, -0.2) is 84.6 Å². The van der Waals surface area contributed by atoms with Crippen LogP contribution < -0.4 is 5.32 Å². The molecule has 2 fully saturated rings. The van der Waals surface area contributed by atoms with Gasteiger partial charge in [0.1, 0.15) is 23.1 Å². The number of sulfonamides is 1. The standard InChI is InChI=1S/C24H23Cl3F2N4O5S/c1-13(34)30-18-10-32(39(37,38)20-7-6-16(26)9-17(20)27)22-12-31(11-21(28)29)24(36)19(33(22)23(18)35)8-14-2-4-15(25)5-3-14/h2-7,9,18-19,21-22H,8,10-12H2,1H3,(H,30,34). The number of hydrogen-bond acceptors (Lipinski definition) is 5. The normalized spacial score (nSPS) is 22.3. The molecule has 4 rings (SSSR count). The van der Waals surface area contributed by atoms with E-state index in [2.05, 4.69) is 5.32 Å². The topological polar surface area (TPSA) is 107 Å². The Balaban J connectivity index is 1.84. The quantitative estimate of drug-likeness (QED) is 0.511. The number of nitrogens with one attached hydrogen (secondary N) is 1. The van der Waals surface area contributed by atoms with Gasteiger partial charge in [0.2, 0.25) is 27.7 Å². The van der Waals surface area contributed by atoms with Gasteiger partial charge in [0.25, 0.3) is 6.43 Å². The zero-order valence-electron chi connectivity index (χ0n) is 20.4. The number of piperazine rings is 1. The molecule has 9 nitrogen and oxygen atoms in total. The predicted molar refractivity (Wildman–Crippen MR) is 140 cm³/mol. The number of carbonyl (C=O) groups is 3. The van der Waals surface area contributed by atoms with Crippen molar-refractivity contribution in [2.75, 3.05) is 19.6 Å². The molecule has 0 bridgehead atoms. The largest absolute Gasteiger partial charge is 0.343 e. The Morgan fingerprint density at radius 2 is 1.67 bits per heavy atom. The summed E-state index contributed by atoms with van der Waals surface area (Å²) in [7, 11) is -4.49. The first kappa shape index (κ1) is 29.5. The fourth-order valence-electron chi connectivity index (χ4n) is 4.78. The lowest BCUT2D eigenvalue weighted by Crippen LogP contribution is -2.76. The van der Waals surface area contributed by atoms with Gasteiger partial charge in [-0.3, -0.25) is 14.4 Å². The molecule has 2 aliphatic heterocycles. The summed E-state index contributed by atoms with van der Waals surface area (Å²) in [5.74, 6) is -2.10. The molecule has 0 saturated carbocycles.